The zero-order valence-electron chi connectivity index (χ0n) is 18.1. The predicted octanol–water partition coefficient (Wildman–Crippen LogP) is 6.05. The van der Waals surface area contributed by atoms with Gasteiger partial charge in [0.25, 0.3) is 0 Å². The van der Waals surface area contributed by atoms with Crippen LogP contribution < -0.4 is 4.74 Å². The number of aromatic nitrogens is 1. The standard InChI is InChI=1S/C27H20N2O3S/c1-17-8-9-19-15-20(26(29-23(19)14-17)33-22-6-4-3-5-7-22)16-24-27(30)32-25(28-24)18-10-12-21(31-2)13-11-18/h3-16H,1-2H3/b24-16+. The highest BCUT2D eigenvalue weighted by molar-refractivity contribution is 7.99. The number of ether oxygens (including phenoxy) is 2. The quantitative estimate of drug-likeness (QED) is 0.273. The SMILES string of the molecule is COc1ccc(C2=N/C(=C/c3cc4ccc(C)cc4nc3Sc3ccccc3)C(=O)O2)cc1. The molecule has 2 heterocycles. The molecule has 0 unspecified atom stereocenters. The summed E-state index contributed by atoms with van der Waals surface area (Å²) >= 11 is 1.55. The van der Waals surface area contributed by atoms with Crippen molar-refractivity contribution in [2.45, 2.75) is 16.8 Å². The lowest BCUT2D eigenvalue weighted by Gasteiger charge is -2.08. The maximum Gasteiger partial charge on any atom is 0.363 e. The van der Waals surface area contributed by atoms with E-state index in [2.05, 4.69) is 17.1 Å². The van der Waals surface area contributed by atoms with Gasteiger partial charge < -0.3 is 9.47 Å². The van der Waals surface area contributed by atoms with Gasteiger partial charge in [0.05, 0.1) is 12.6 Å². The van der Waals surface area contributed by atoms with E-state index in [4.69, 9.17) is 14.5 Å². The molecule has 3 aromatic carbocycles. The van der Waals surface area contributed by atoms with Gasteiger partial charge >= 0.3 is 5.97 Å². The highest BCUT2D eigenvalue weighted by atomic mass is 32.2. The highest BCUT2D eigenvalue weighted by Crippen LogP contribution is 2.33. The number of hydrogen-bond donors (Lipinski definition) is 0. The molecule has 162 valence electrons. The number of nitrogens with zero attached hydrogens (tertiary/aromatic N) is 2. The van der Waals surface area contributed by atoms with Crippen LogP contribution in [-0.2, 0) is 9.53 Å². The number of cyclic esters (lactones) is 1. The van der Waals surface area contributed by atoms with Gasteiger partial charge in [0.1, 0.15) is 10.8 Å². The summed E-state index contributed by atoms with van der Waals surface area (Å²) in [7, 11) is 1.60. The lowest BCUT2D eigenvalue weighted by Crippen LogP contribution is -2.05. The van der Waals surface area contributed by atoms with Crippen LogP contribution in [0, 0.1) is 6.92 Å². The molecule has 1 aromatic heterocycles. The maximum absolute atomic E-state index is 12.6. The van der Waals surface area contributed by atoms with E-state index in [1.165, 1.54) is 0 Å². The normalized spacial score (nSPS) is 14.4. The van der Waals surface area contributed by atoms with Gasteiger partial charge in [0.2, 0.25) is 5.90 Å². The van der Waals surface area contributed by atoms with Crippen molar-refractivity contribution in [2.75, 3.05) is 7.11 Å². The van der Waals surface area contributed by atoms with Crippen LogP contribution >= 0.6 is 11.8 Å². The smallest absolute Gasteiger partial charge is 0.363 e. The highest BCUT2D eigenvalue weighted by Gasteiger charge is 2.25. The molecule has 0 saturated heterocycles. The summed E-state index contributed by atoms with van der Waals surface area (Å²) in [6.07, 6.45) is 1.75. The molecule has 0 saturated carbocycles. The molecular formula is C27H20N2O3S. The summed E-state index contributed by atoms with van der Waals surface area (Å²) in [6.45, 7) is 2.05. The molecular weight excluding hydrogens is 432 g/mol. The molecule has 0 spiro atoms. The Kier molecular flexibility index (Phi) is 5.67. The lowest BCUT2D eigenvalue weighted by molar-refractivity contribution is -0.129. The van der Waals surface area contributed by atoms with Gasteiger partial charge in [0, 0.05) is 21.4 Å². The van der Waals surface area contributed by atoms with E-state index in [9.17, 15) is 4.79 Å². The number of benzene rings is 3. The van der Waals surface area contributed by atoms with Crippen molar-refractivity contribution in [3.8, 4) is 5.75 Å². The Morgan fingerprint density at radius 3 is 2.52 bits per heavy atom. The van der Waals surface area contributed by atoms with E-state index >= 15 is 0 Å². The Morgan fingerprint density at radius 1 is 0.970 bits per heavy atom. The van der Waals surface area contributed by atoms with Gasteiger partial charge in [-0.05, 0) is 67.1 Å². The molecule has 33 heavy (non-hydrogen) atoms. The van der Waals surface area contributed by atoms with Crippen LogP contribution in [0.15, 0.2) is 99.5 Å². The van der Waals surface area contributed by atoms with Crippen LogP contribution in [0.1, 0.15) is 16.7 Å². The van der Waals surface area contributed by atoms with Crippen molar-refractivity contribution in [1.29, 1.82) is 0 Å². The van der Waals surface area contributed by atoms with Gasteiger partial charge in [-0.2, -0.15) is 0 Å². The number of esters is 1. The van der Waals surface area contributed by atoms with Crippen LogP contribution in [0.25, 0.3) is 17.0 Å². The van der Waals surface area contributed by atoms with Crippen molar-refractivity contribution >= 4 is 40.6 Å². The average Bonchev–Trinajstić information content (AvgIpc) is 3.20. The molecule has 0 fully saturated rings. The molecule has 0 bridgehead atoms. The van der Waals surface area contributed by atoms with Crippen molar-refractivity contribution in [1.82, 2.24) is 4.98 Å². The molecule has 0 atom stereocenters. The molecule has 0 amide bonds. The molecule has 1 aliphatic heterocycles. The van der Waals surface area contributed by atoms with Crippen molar-refractivity contribution < 1.29 is 14.3 Å². The molecule has 5 nitrogen and oxygen atoms in total. The zero-order valence-corrected chi connectivity index (χ0v) is 18.9. The fraction of sp³-hybridized carbons (Fsp3) is 0.0741. The van der Waals surface area contributed by atoms with Gasteiger partial charge in [-0.25, -0.2) is 14.8 Å². The van der Waals surface area contributed by atoms with E-state index < -0.39 is 5.97 Å². The summed E-state index contributed by atoms with van der Waals surface area (Å²) in [5.74, 6) is 0.510. The third-order valence-electron chi connectivity index (χ3n) is 5.17. The average molecular weight is 453 g/mol. The third-order valence-corrected chi connectivity index (χ3v) is 6.20. The van der Waals surface area contributed by atoms with Crippen molar-refractivity contribution in [3.05, 3.63) is 101 Å². The Labute approximate surface area is 195 Å². The number of methoxy groups -OCH3 is 1. The van der Waals surface area contributed by atoms with Crippen molar-refractivity contribution in [3.63, 3.8) is 0 Å². The van der Waals surface area contributed by atoms with E-state index in [-0.39, 0.29) is 11.6 Å². The van der Waals surface area contributed by atoms with E-state index in [1.54, 1.807) is 37.1 Å². The molecule has 0 aliphatic carbocycles. The second-order valence-corrected chi connectivity index (χ2v) is 8.62. The van der Waals surface area contributed by atoms with Crippen LogP contribution in [0.3, 0.4) is 0 Å². The van der Waals surface area contributed by atoms with E-state index in [1.807, 2.05) is 61.5 Å². The Morgan fingerprint density at radius 2 is 1.76 bits per heavy atom. The first-order chi connectivity index (χ1) is 16.1. The van der Waals surface area contributed by atoms with Crippen molar-refractivity contribution in [2.24, 2.45) is 4.99 Å². The lowest BCUT2D eigenvalue weighted by atomic mass is 10.1. The fourth-order valence-corrected chi connectivity index (χ4v) is 4.37. The van der Waals surface area contributed by atoms with Gasteiger partial charge in [-0.1, -0.05) is 42.1 Å². The van der Waals surface area contributed by atoms with E-state index in [0.29, 0.717) is 5.56 Å². The number of carbonyl (C=O) groups excluding carboxylic acids is 1. The largest absolute Gasteiger partial charge is 0.497 e. The molecule has 6 heteroatoms. The number of rotatable bonds is 5. The second-order valence-electron chi connectivity index (χ2n) is 7.56. The number of fused-ring (bicyclic) bond motifs is 1. The zero-order chi connectivity index (χ0) is 22.8. The first-order valence-corrected chi connectivity index (χ1v) is 11.2. The number of carbonyl (C=O) groups is 1. The topological polar surface area (TPSA) is 60.8 Å². The van der Waals surface area contributed by atoms with Crippen LogP contribution in [0.5, 0.6) is 5.75 Å². The fourth-order valence-electron chi connectivity index (χ4n) is 3.47. The minimum atomic E-state index is -0.486. The van der Waals surface area contributed by atoms with Gasteiger partial charge in [-0.15, -0.1) is 0 Å². The minimum absolute atomic E-state index is 0.240. The molecule has 1 aliphatic rings. The molecule has 4 aromatic rings. The third kappa shape index (κ3) is 4.52. The minimum Gasteiger partial charge on any atom is -0.497 e. The Bertz CT molecular complexity index is 1410. The molecule has 5 rings (SSSR count). The Hall–Kier alpha value is -3.90. The Balaban J connectivity index is 1.57. The predicted molar refractivity (Wildman–Crippen MR) is 131 cm³/mol. The summed E-state index contributed by atoms with van der Waals surface area (Å²) in [5, 5.41) is 1.79. The molecule has 0 N–H and O–H groups in total. The van der Waals surface area contributed by atoms with Gasteiger partial charge in [-0.3, -0.25) is 0 Å². The maximum atomic E-state index is 12.6. The van der Waals surface area contributed by atoms with Crippen LogP contribution in [-0.4, -0.2) is 24.0 Å². The number of aliphatic imine (C=N–C) groups is 1. The summed E-state index contributed by atoms with van der Waals surface area (Å²) in [4.78, 5) is 23.0. The summed E-state index contributed by atoms with van der Waals surface area (Å²) in [5.41, 5.74) is 3.81. The monoisotopic (exact) mass is 452 g/mol. The second kappa shape index (κ2) is 8.92. The summed E-state index contributed by atoms with van der Waals surface area (Å²) < 4.78 is 10.6. The summed E-state index contributed by atoms with van der Waals surface area (Å²) in [6, 6.07) is 25.4. The number of aryl methyl sites for hydroxylation is 1. The first kappa shape index (κ1) is 21.0. The van der Waals surface area contributed by atoms with Crippen LogP contribution in [0.4, 0.5) is 0 Å². The van der Waals surface area contributed by atoms with E-state index in [0.717, 1.165) is 37.7 Å². The number of hydrogen-bond acceptors (Lipinski definition) is 6. The first-order valence-electron chi connectivity index (χ1n) is 10.4. The number of pyridine rings is 1. The molecule has 0 radical (unpaired) electrons. The van der Waals surface area contributed by atoms with Crippen LogP contribution in [0.2, 0.25) is 0 Å². The van der Waals surface area contributed by atoms with Gasteiger partial charge in [0.15, 0.2) is 5.70 Å².